The molecule has 1 saturated heterocycles. The van der Waals surface area contributed by atoms with Crippen molar-refractivity contribution in [3.8, 4) is 0 Å². The first-order valence-electron chi connectivity index (χ1n) is 10.3. The first-order valence-corrected chi connectivity index (χ1v) is 11.8. The Balaban J connectivity index is 1.68. The number of hydrogen-bond acceptors (Lipinski definition) is 5. The van der Waals surface area contributed by atoms with Gasteiger partial charge in [0.25, 0.3) is 5.69 Å². The Morgan fingerprint density at radius 1 is 0.969 bits per heavy atom. The second-order valence-corrected chi connectivity index (χ2v) is 9.75. The van der Waals surface area contributed by atoms with Crippen molar-refractivity contribution >= 4 is 15.7 Å². The summed E-state index contributed by atoms with van der Waals surface area (Å²) < 4.78 is 34.7. The Bertz CT molecular complexity index is 1200. The molecule has 0 aliphatic carbocycles. The normalized spacial score (nSPS) is 19.2. The van der Waals surface area contributed by atoms with Gasteiger partial charge in [-0.05, 0) is 36.6 Å². The van der Waals surface area contributed by atoms with Crippen molar-refractivity contribution in [1.82, 2.24) is 4.31 Å². The molecule has 166 valence electrons. The standard InChI is InChI=1S/C24H24N2O5S/c1-18-10-12-23(13-11-18)32(29,30)25-22(14-19-6-3-2-4-7-19)17-31-24(25)16-20-8-5-9-21(15-20)26(27)28/h2-13,15,22,24H,14,16-17H2,1H3/t22-,24-/m0/s1. The van der Waals surface area contributed by atoms with Gasteiger partial charge in [-0.15, -0.1) is 0 Å². The number of non-ortho nitro benzene ring substituents is 1. The summed E-state index contributed by atoms with van der Waals surface area (Å²) in [7, 11) is -3.85. The highest BCUT2D eigenvalue weighted by molar-refractivity contribution is 7.89. The Morgan fingerprint density at radius 2 is 1.66 bits per heavy atom. The van der Waals surface area contributed by atoms with Gasteiger partial charge in [0.1, 0.15) is 6.23 Å². The van der Waals surface area contributed by atoms with Crippen LogP contribution in [0.25, 0.3) is 0 Å². The van der Waals surface area contributed by atoms with Crippen molar-refractivity contribution in [3.63, 3.8) is 0 Å². The number of hydrogen-bond donors (Lipinski definition) is 0. The molecule has 0 saturated carbocycles. The van der Waals surface area contributed by atoms with Crippen molar-refractivity contribution in [2.24, 2.45) is 0 Å². The fraction of sp³-hybridized carbons (Fsp3) is 0.250. The van der Waals surface area contributed by atoms with Crippen LogP contribution in [-0.4, -0.2) is 36.5 Å². The van der Waals surface area contributed by atoms with Crippen LogP contribution in [0.1, 0.15) is 16.7 Å². The van der Waals surface area contributed by atoms with E-state index in [0.717, 1.165) is 11.1 Å². The van der Waals surface area contributed by atoms with E-state index in [1.807, 2.05) is 37.3 Å². The quantitative estimate of drug-likeness (QED) is 0.398. The zero-order chi connectivity index (χ0) is 22.7. The maximum Gasteiger partial charge on any atom is 0.269 e. The molecule has 3 aromatic rings. The predicted molar refractivity (Wildman–Crippen MR) is 121 cm³/mol. The van der Waals surface area contributed by atoms with Crippen LogP contribution in [0.5, 0.6) is 0 Å². The van der Waals surface area contributed by atoms with Crippen molar-refractivity contribution in [3.05, 3.63) is 106 Å². The highest BCUT2D eigenvalue weighted by Crippen LogP contribution is 2.31. The molecular weight excluding hydrogens is 428 g/mol. The average molecular weight is 453 g/mol. The van der Waals surface area contributed by atoms with Gasteiger partial charge in [0.05, 0.1) is 22.5 Å². The minimum absolute atomic E-state index is 0.0331. The lowest BCUT2D eigenvalue weighted by Gasteiger charge is -2.27. The molecule has 0 radical (unpaired) electrons. The summed E-state index contributed by atoms with van der Waals surface area (Å²) in [6.45, 7) is 2.15. The molecule has 1 aliphatic rings. The molecule has 0 amide bonds. The van der Waals surface area contributed by atoms with Crippen LogP contribution in [0.4, 0.5) is 5.69 Å². The Labute approximate surface area is 187 Å². The van der Waals surface area contributed by atoms with Gasteiger partial charge >= 0.3 is 0 Å². The summed E-state index contributed by atoms with van der Waals surface area (Å²) in [6.07, 6.45) is -0.0212. The molecule has 0 bridgehead atoms. The van der Waals surface area contributed by atoms with Gasteiger partial charge in [0, 0.05) is 18.6 Å². The highest BCUT2D eigenvalue weighted by atomic mass is 32.2. The van der Waals surface area contributed by atoms with E-state index in [1.54, 1.807) is 36.4 Å². The highest BCUT2D eigenvalue weighted by Gasteiger charge is 2.43. The summed E-state index contributed by atoms with van der Waals surface area (Å²) in [4.78, 5) is 10.9. The number of nitrogens with zero attached hydrogens (tertiary/aromatic N) is 2. The summed E-state index contributed by atoms with van der Waals surface area (Å²) >= 11 is 0. The van der Waals surface area contributed by atoms with Crippen molar-refractivity contribution in [2.75, 3.05) is 6.61 Å². The number of rotatable bonds is 7. The Morgan fingerprint density at radius 3 is 2.34 bits per heavy atom. The summed E-state index contributed by atoms with van der Waals surface area (Å²) in [5, 5.41) is 11.1. The van der Waals surface area contributed by atoms with Crippen LogP contribution in [0.15, 0.2) is 83.8 Å². The Hall–Kier alpha value is -3.07. The molecule has 0 unspecified atom stereocenters. The van der Waals surface area contributed by atoms with Gasteiger partial charge in [-0.3, -0.25) is 10.1 Å². The zero-order valence-corrected chi connectivity index (χ0v) is 18.4. The van der Waals surface area contributed by atoms with Crippen LogP contribution in [0.2, 0.25) is 0 Å². The smallest absolute Gasteiger partial charge is 0.269 e. The van der Waals surface area contributed by atoms with Crippen molar-refractivity contribution < 1.29 is 18.1 Å². The maximum atomic E-state index is 13.7. The minimum atomic E-state index is -3.85. The van der Waals surface area contributed by atoms with Gasteiger partial charge in [-0.25, -0.2) is 8.42 Å². The van der Waals surface area contributed by atoms with E-state index in [4.69, 9.17) is 4.74 Å². The predicted octanol–water partition coefficient (Wildman–Crippen LogP) is 4.10. The first-order chi connectivity index (χ1) is 15.3. The van der Waals surface area contributed by atoms with Crippen LogP contribution in [-0.2, 0) is 27.6 Å². The number of nitro benzene ring substituents is 1. The molecular formula is C24H24N2O5S. The second kappa shape index (κ2) is 9.20. The zero-order valence-electron chi connectivity index (χ0n) is 17.6. The third-order valence-corrected chi connectivity index (χ3v) is 7.52. The molecule has 7 nitrogen and oxygen atoms in total. The van der Waals surface area contributed by atoms with Crippen LogP contribution in [0, 0.1) is 17.0 Å². The molecule has 3 aromatic carbocycles. The van der Waals surface area contributed by atoms with Crippen molar-refractivity contribution in [1.29, 1.82) is 0 Å². The van der Waals surface area contributed by atoms with E-state index in [-0.39, 0.29) is 29.7 Å². The molecule has 0 spiro atoms. The van der Waals surface area contributed by atoms with Gasteiger partial charge in [-0.1, -0.05) is 60.2 Å². The molecule has 1 fully saturated rings. The number of benzene rings is 3. The van der Waals surface area contributed by atoms with E-state index < -0.39 is 21.2 Å². The van der Waals surface area contributed by atoms with Crippen LogP contribution in [0.3, 0.4) is 0 Å². The average Bonchev–Trinajstić information content (AvgIpc) is 3.17. The number of ether oxygens (including phenoxy) is 1. The lowest BCUT2D eigenvalue weighted by Crippen LogP contribution is -2.43. The molecule has 4 rings (SSSR count). The van der Waals surface area contributed by atoms with Gasteiger partial charge in [-0.2, -0.15) is 4.31 Å². The SMILES string of the molecule is Cc1ccc(S(=O)(=O)N2[C@@H](Cc3ccccc3)CO[C@H]2Cc2cccc([N+](=O)[O-])c2)cc1. The fourth-order valence-electron chi connectivity index (χ4n) is 3.97. The van der Waals surface area contributed by atoms with Crippen LogP contribution >= 0.6 is 0 Å². The lowest BCUT2D eigenvalue weighted by atomic mass is 10.1. The lowest BCUT2D eigenvalue weighted by molar-refractivity contribution is -0.384. The fourth-order valence-corrected chi connectivity index (χ4v) is 5.67. The Kier molecular flexibility index (Phi) is 6.36. The number of aryl methyl sites for hydroxylation is 1. The topological polar surface area (TPSA) is 89.8 Å². The van der Waals surface area contributed by atoms with E-state index >= 15 is 0 Å². The number of nitro groups is 1. The molecule has 2 atom stereocenters. The molecule has 1 aliphatic heterocycles. The first kappa shape index (κ1) is 22.1. The minimum Gasteiger partial charge on any atom is -0.360 e. The molecule has 32 heavy (non-hydrogen) atoms. The van der Waals surface area contributed by atoms with Crippen molar-refractivity contribution in [2.45, 2.75) is 36.9 Å². The monoisotopic (exact) mass is 452 g/mol. The largest absolute Gasteiger partial charge is 0.360 e. The molecule has 0 N–H and O–H groups in total. The number of sulfonamides is 1. The third kappa shape index (κ3) is 4.72. The summed E-state index contributed by atoms with van der Waals surface area (Å²) in [5.41, 5.74) is 2.60. The van der Waals surface area contributed by atoms with E-state index in [0.29, 0.717) is 12.0 Å². The van der Waals surface area contributed by atoms with E-state index in [2.05, 4.69) is 0 Å². The maximum absolute atomic E-state index is 13.7. The molecule has 8 heteroatoms. The van der Waals surface area contributed by atoms with Gasteiger partial charge in [0.15, 0.2) is 0 Å². The van der Waals surface area contributed by atoms with E-state index in [1.165, 1.54) is 16.4 Å². The van der Waals surface area contributed by atoms with Gasteiger partial charge < -0.3 is 4.74 Å². The molecule has 0 aromatic heterocycles. The summed E-state index contributed by atoms with van der Waals surface area (Å²) in [6, 6.07) is 22.3. The molecule has 1 heterocycles. The van der Waals surface area contributed by atoms with Crippen LogP contribution < -0.4 is 0 Å². The third-order valence-electron chi connectivity index (χ3n) is 5.57. The second-order valence-electron chi connectivity index (χ2n) is 7.91. The van der Waals surface area contributed by atoms with E-state index in [9.17, 15) is 18.5 Å². The van der Waals surface area contributed by atoms with Gasteiger partial charge in [0.2, 0.25) is 10.0 Å². The summed E-state index contributed by atoms with van der Waals surface area (Å²) in [5.74, 6) is 0.